The summed E-state index contributed by atoms with van der Waals surface area (Å²) in [7, 11) is 0. The summed E-state index contributed by atoms with van der Waals surface area (Å²) < 4.78 is 11.5. The van der Waals surface area contributed by atoms with Crippen molar-refractivity contribution in [2.75, 3.05) is 6.61 Å². The Morgan fingerprint density at radius 3 is 2.48 bits per heavy atom. The fraction of sp³-hybridized carbons (Fsp3) is 0.375. The average molecular weight is 395 g/mol. The van der Waals surface area contributed by atoms with E-state index in [-0.39, 0.29) is 6.61 Å². The average Bonchev–Trinajstić information content (AvgIpc) is 3.09. The summed E-state index contributed by atoms with van der Waals surface area (Å²) in [6, 6.07) is 9.72. The van der Waals surface area contributed by atoms with Crippen LogP contribution in [0.5, 0.6) is 17.2 Å². The largest absolute Gasteiger partial charge is 0.482 e. The molecule has 0 saturated carbocycles. The molecule has 1 aromatic heterocycles. The standard InChI is InChI=1S/C24H29NO4/c1-4-5-6-7-8-18-14-25-22-10-9-19(13-21(18)22)29-24-16(2)11-20(12-17(24)3)28-15-23(26)27/h9-14,25H,4-8,15H2,1-3H3,(H,26,27). The first-order chi connectivity index (χ1) is 14.0. The fourth-order valence-electron chi connectivity index (χ4n) is 3.59. The smallest absolute Gasteiger partial charge is 0.341 e. The van der Waals surface area contributed by atoms with Crippen LogP contribution in [0.1, 0.15) is 49.3 Å². The van der Waals surface area contributed by atoms with Gasteiger partial charge in [-0.05, 0) is 73.7 Å². The van der Waals surface area contributed by atoms with Crippen LogP contribution in [-0.2, 0) is 11.2 Å². The van der Waals surface area contributed by atoms with Gasteiger partial charge in [0.25, 0.3) is 0 Å². The molecule has 0 radical (unpaired) electrons. The zero-order chi connectivity index (χ0) is 20.8. The predicted octanol–water partition coefficient (Wildman–Crippen LogP) is 6.16. The molecule has 0 spiro atoms. The van der Waals surface area contributed by atoms with Gasteiger partial charge in [0.15, 0.2) is 6.61 Å². The molecule has 2 N–H and O–H groups in total. The Kier molecular flexibility index (Phi) is 6.81. The molecule has 0 aliphatic carbocycles. The summed E-state index contributed by atoms with van der Waals surface area (Å²) in [5, 5.41) is 9.99. The highest BCUT2D eigenvalue weighted by atomic mass is 16.5. The van der Waals surface area contributed by atoms with Gasteiger partial charge in [-0.25, -0.2) is 4.79 Å². The number of carboxylic acid groups (broad SMARTS) is 1. The quantitative estimate of drug-likeness (QED) is 0.403. The zero-order valence-electron chi connectivity index (χ0n) is 17.4. The van der Waals surface area contributed by atoms with Gasteiger partial charge in [0.05, 0.1) is 0 Å². The molecule has 0 amide bonds. The number of aromatic amines is 1. The van der Waals surface area contributed by atoms with E-state index in [1.54, 1.807) is 12.1 Å². The summed E-state index contributed by atoms with van der Waals surface area (Å²) in [6.45, 7) is 5.74. The number of aliphatic carboxylic acids is 1. The van der Waals surface area contributed by atoms with E-state index < -0.39 is 5.97 Å². The number of H-pyrrole nitrogens is 1. The molecule has 0 unspecified atom stereocenters. The topological polar surface area (TPSA) is 71.5 Å². The number of nitrogens with one attached hydrogen (secondary N) is 1. The molecule has 2 aromatic carbocycles. The van der Waals surface area contributed by atoms with Gasteiger partial charge in [0.2, 0.25) is 0 Å². The zero-order valence-corrected chi connectivity index (χ0v) is 17.4. The maximum atomic E-state index is 10.7. The molecule has 0 saturated heterocycles. The minimum Gasteiger partial charge on any atom is -0.482 e. The Morgan fingerprint density at radius 1 is 1.03 bits per heavy atom. The van der Waals surface area contributed by atoms with Crippen LogP contribution in [0, 0.1) is 13.8 Å². The van der Waals surface area contributed by atoms with Crippen molar-refractivity contribution in [2.45, 2.75) is 52.9 Å². The summed E-state index contributed by atoms with van der Waals surface area (Å²) in [4.78, 5) is 14.1. The number of unbranched alkanes of at least 4 members (excludes halogenated alkanes) is 3. The van der Waals surface area contributed by atoms with Crippen LogP contribution in [-0.4, -0.2) is 22.7 Å². The third kappa shape index (κ3) is 5.31. The number of fused-ring (bicyclic) bond motifs is 1. The SMILES string of the molecule is CCCCCCc1c[nH]c2ccc(Oc3c(C)cc(OCC(=O)O)cc3C)cc12. The number of benzene rings is 2. The van der Waals surface area contributed by atoms with Crippen molar-refractivity contribution in [3.05, 3.63) is 53.2 Å². The monoisotopic (exact) mass is 395 g/mol. The van der Waals surface area contributed by atoms with Crippen LogP contribution in [0.3, 0.4) is 0 Å². The second-order valence-corrected chi connectivity index (χ2v) is 7.50. The molecule has 1 heterocycles. The van der Waals surface area contributed by atoms with E-state index in [4.69, 9.17) is 14.6 Å². The van der Waals surface area contributed by atoms with E-state index in [0.717, 1.165) is 34.6 Å². The number of aryl methyl sites for hydroxylation is 3. The van der Waals surface area contributed by atoms with E-state index in [9.17, 15) is 4.79 Å². The first-order valence-electron chi connectivity index (χ1n) is 10.2. The van der Waals surface area contributed by atoms with Gasteiger partial charge in [0, 0.05) is 17.1 Å². The lowest BCUT2D eigenvalue weighted by Gasteiger charge is -2.14. The van der Waals surface area contributed by atoms with Gasteiger partial charge < -0.3 is 19.6 Å². The first-order valence-corrected chi connectivity index (χ1v) is 10.2. The van der Waals surface area contributed by atoms with Gasteiger partial charge >= 0.3 is 5.97 Å². The van der Waals surface area contributed by atoms with Crippen LogP contribution in [0.15, 0.2) is 36.5 Å². The van der Waals surface area contributed by atoms with Gasteiger partial charge in [-0.3, -0.25) is 0 Å². The number of hydrogen-bond acceptors (Lipinski definition) is 3. The predicted molar refractivity (Wildman–Crippen MR) is 115 cm³/mol. The van der Waals surface area contributed by atoms with Crippen LogP contribution >= 0.6 is 0 Å². The van der Waals surface area contributed by atoms with E-state index in [1.165, 1.54) is 36.6 Å². The number of carboxylic acids is 1. The van der Waals surface area contributed by atoms with Crippen molar-refractivity contribution in [3.8, 4) is 17.2 Å². The molecule has 0 aliphatic heterocycles. The maximum Gasteiger partial charge on any atom is 0.341 e. The third-order valence-electron chi connectivity index (χ3n) is 5.05. The number of ether oxygens (including phenoxy) is 2. The number of aromatic nitrogens is 1. The van der Waals surface area contributed by atoms with E-state index in [1.807, 2.05) is 19.9 Å². The van der Waals surface area contributed by atoms with Crippen molar-refractivity contribution in [3.63, 3.8) is 0 Å². The first kappa shape index (κ1) is 20.8. The Morgan fingerprint density at radius 2 is 1.79 bits per heavy atom. The maximum absolute atomic E-state index is 10.7. The van der Waals surface area contributed by atoms with Crippen LogP contribution in [0.2, 0.25) is 0 Å². The van der Waals surface area contributed by atoms with Gasteiger partial charge in [-0.1, -0.05) is 26.2 Å². The Labute approximate surface area is 171 Å². The molecule has 0 aliphatic rings. The molecular formula is C24H29NO4. The lowest BCUT2D eigenvalue weighted by Crippen LogP contribution is -2.09. The van der Waals surface area contributed by atoms with Crippen molar-refractivity contribution in [1.29, 1.82) is 0 Å². The van der Waals surface area contributed by atoms with E-state index >= 15 is 0 Å². The van der Waals surface area contributed by atoms with E-state index in [2.05, 4.69) is 30.2 Å². The van der Waals surface area contributed by atoms with Crippen molar-refractivity contribution >= 4 is 16.9 Å². The summed E-state index contributed by atoms with van der Waals surface area (Å²) in [6.07, 6.45) is 8.14. The second-order valence-electron chi connectivity index (χ2n) is 7.50. The minimum atomic E-state index is -0.995. The molecule has 5 heteroatoms. The van der Waals surface area contributed by atoms with E-state index in [0.29, 0.717) is 5.75 Å². The normalized spacial score (nSPS) is 11.0. The van der Waals surface area contributed by atoms with Crippen molar-refractivity contribution in [2.24, 2.45) is 0 Å². The van der Waals surface area contributed by atoms with Gasteiger partial charge in [-0.15, -0.1) is 0 Å². The molecule has 154 valence electrons. The Bertz CT molecular complexity index is 967. The molecule has 5 nitrogen and oxygen atoms in total. The molecule has 29 heavy (non-hydrogen) atoms. The van der Waals surface area contributed by atoms with Crippen molar-refractivity contribution < 1.29 is 19.4 Å². The Hall–Kier alpha value is -2.95. The molecule has 0 fully saturated rings. The van der Waals surface area contributed by atoms with Crippen molar-refractivity contribution in [1.82, 2.24) is 4.98 Å². The molecular weight excluding hydrogens is 366 g/mol. The lowest BCUT2D eigenvalue weighted by molar-refractivity contribution is -0.139. The van der Waals surface area contributed by atoms with Gasteiger partial charge in [-0.2, -0.15) is 0 Å². The molecule has 0 bridgehead atoms. The summed E-state index contributed by atoms with van der Waals surface area (Å²) >= 11 is 0. The summed E-state index contributed by atoms with van der Waals surface area (Å²) in [5.74, 6) is 1.10. The second kappa shape index (κ2) is 9.50. The highest BCUT2D eigenvalue weighted by Gasteiger charge is 2.11. The van der Waals surface area contributed by atoms with Crippen LogP contribution in [0.25, 0.3) is 10.9 Å². The highest BCUT2D eigenvalue weighted by Crippen LogP contribution is 2.34. The number of rotatable bonds is 10. The fourth-order valence-corrected chi connectivity index (χ4v) is 3.59. The van der Waals surface area contributed by atoms with Gasteiger partial charge in [0.1, 0.15) is 17.2 Å². The number of hydrogen-bond donors (Lipinski definition) is 2. The van der Waals surface area contributed by atoms with Crippen LogP contribution in [0.4, 0.5) is 0 Å². The molecule has 3 rings (SSSR count). The number of carbonyl (C=O) groups is 1. The minimum absolute atomic E-state index is 0.357. The molecule has 3 aromatic rings. The summed E-state index contributed by atoms with van der Waals surface area (Å²) in [5.41, 5.74) is 4.25. The highest BCUT2D eigenvalue weighted by molar-refractivity contribution is 5.84. The van der Waals surface area contributed by atoms with Crippen LogP contribution < -0.4 is 9.47 Å². The molecule has 0 atom stereocenters. The third-order valence-corrected chi connectivity index (χ3v) is 5.05. The lowest BCUT2D eigenvalue weighted by atomic mass is 10.1. The Balaban J connectivity index is 1.78.